The third-order valence-electron chi connectivity index (χ3n) is 4.39. The lowest BCUT2D eigenvalue weighted by atomic mass is 10.1. The van der Waals surface area contributed by atoms with Gasteiger partial charge in [-0.3, -0.25) is 9.69 Å². The Morgan fingerprint density at radius 3 is 2.87 bits per heavy atom. The first-order valence-corrected chi connectivity index (χ1v) is 9.29. The smallest absolute Gasteiger partial charge is 0.234 e. The SMILES string of the molecule is O=C(CN1CCC[C@H]1c1cccs1)NCCCc1ccccc1. The molecule has 1 fully saturated rings. The van der Waals surface area contributed by atoms with Gasteiger partial charge in [0.2, 0.25) is 5.91 Å². The summed E-state index contributed by atoms with van der Waals surface area (Å²) < 4.78 is 0. The van der Waals surface area contributed by atoms with Gasteiger partial charge < -0.3 is 5.32 Å². The fourth-order valence-electron chi connectivity index (χ4n) is 3.22. The largest absolute Gasteiger partial charge is 0.355 e. The predicted molar refractivity (Wildman–Crippen MR) is 95.6 cm³/mol. The summed E-state index contributed by atoms with van der Waals surface area (Å²) in [5.41, 5.74) is 1.33. The molecule has 0 saturated carbocycles. The number of carbonyl (C=O) groups is 1. The number of rotatable bonds is 7. The van der Waals surface area contributed by atoms with Gasteiger partial charge in [0, 0.05) is 17.5 Å². The minimum absolute atomic E-state index is 0.154. The second-order valence-electron chi connectivity index (χ2n) is 6.08. The summed E-state index contributed by atoms with van der Waals surface area (Å²) in [6, 6.07) is 15.1. The number of aryl methyl sites for hydroxylation is 1. The molecule has 0 bridgehead atoms. The molecule has 1 aliphatic heterocycles. The summed E-state index contributed by atoms with van der Waals surface area (Å²) in [5.74, 6) is 0.154. The molecule has 122 valence electrons. The lowest BCUT2D eigenvalue weighted by Crippen LogP contribution is -2.37. The molecule has 0 aliphatic carbocycles. The molecule has 4 heteroatoms. The summed E-state index contributed by atoms with van der Waals surface area (Å²) in [6.45, 7) is 2.30. The van der Waals surface area contributed by atoms with E-state index in [1.807, 2.05) is 6.07 Å². The zero-order valence-corrected chi connectivity index (χ0v) is 14.2. The first-order chi connectivity index (χ1) is 11.3. The van der Waals surface area contributed by atoms with Crippen LogP contribution < -0.4 is 5.32 Å². The second kappa shape index (κ2) is 8.27. The Morgan fingerprint density at radius 1 is 1.22 bits per heavy atom. The maximum absolute atomic E-state index is 12.2. The Labute approximate surface area is 142 Å². The molecular weight excluding hydrogens is 304 g/mol. The molecule has 3 nitrogen and oxygen atoms in total. The minimum atomic E-state index is 0.154. The first-order valence-electron chi connectivity index (χ1n) is 8.41. The van der Waals surface area contributed by atoms with Gasteiger partial charge in [0.1, 0.15) is 0 Å². The van der Waals surface area contributed by atoms with Gasteiger partial charge >= 0.3 is 0 Å². The van der Waals surface area contributed by atoms with Crippen molar-refractivity contribution in [1.29, 1.82) is 0 Å². The lowest BCUT2D eigenvalue weighted by molar-refractivity contribution is -0.122. The van der Waals surface area contributed by atoms with E-state index in [1.54, 1.807) is 11.3 Å². The van der Waals surface area contributed by atoms with Gasteiger partial charge in [-0.1, -0.05) is 36.4 Å². The molecule has 1 atom stereocenters. The van der Waals surface area contributed by atoms with Crippen molar-refractivity contribution in [3.8, 4) is 0 Å². The van der Waals surface area contributed by atoms with E-state index < -0.39 is 0 Å². The fraction of sp³-hybridized carbons (Fsp3) is 0.421. The zero-order valence-electron chi connectivity index (χ0n) is 13.4. The van der Waals surface area contributed by atoms with E-state index in [9.17, 15) is 4.79 Å². The third-order valence-corrected chi connectivity index (χ3v) is 5.36. The van der Waals surface area contributed by atoms with Gasteiger partial charge in [0.15, 0.2) is 0 Å². The van der Waals surface area contributed by atoms with Crippen LogP contribution in [0.2, 0.25) is 0 Å². The summed E-state index contributed by atoms with van der Waals surface area (Å²) in [6.07, 6.45) is 4.36. The van der Waals surface area contributed by atoms with Crippen LogP contribution in [0.4, 0.5) is 0 Å². The van der Waals surface area contributed by atoms with Crippen LogP contribution in [0, 0.1) is 0 Å². The highest BCUT2D eigenvalue weighted by molar-refractivity contribution is 7.10. The molecule has 1 amide bonds. The highest BCUT2D eigenvalue weighted by Crippen LogP contribution is 2.33. The summed E-state index contributed by atoms with van der Waals surface area (Å²) >= 11 is 1.80. The number of hydrogen-bond donors (Lipinski definition) is 1. The zero-order chi connectivity index (χ0) is 15.9. The standard InChI is InChI=1S/C19H24N2OS/c22-19(20-12-4-9-16-7-2-1-3-8-16)15-21-13-5-10-17(21)18-11-6-14-23-18/h1-3,6-8,11,14,17H,4-5,9-10,12-13,15H2,(H,20,22)/t17-/m0/s1. The molecule has 1 aliphatic rings. The Morgan fingerprint density at radius 2 is 2.09 bits per heavy atom. The van der Waals surface area contributed by atoms with E-state index >= 15 is 0 Å². The van der Waals surface area contributed by atoms with Gasteiger partial charge in [0.25, 0.3) is 0 Å². The molecule has 3 rings (SSSR count). The predicted octanol–water partition coefficient (Wildman–Crippen LogP) is 3.63. The van der Waals surface area contributed by atoms with E-state index in [0.717, 1.165) is 25.9 Å². The third kappa shape index (κ3) is 4.66. The maximum atomic E-state index is 12.2. The molecule has 2 aromatic rings. The number of likely N-dealkylation sites (tertiary alicyclic amines) is 1. The molecule has 1 N–H and O–H groups in total. The quantitative estimate of drug-likeness (QED) is 0.787. The van der Waals surface area contributed by atoms with Crippen LogP contribution in [-0.2, 0) is 11.2 Å². The van der Waals surface area contributed by atoms with Gasteiger partial charge in [0.05, 0.1) is 6.54 Å². The summed E-state index contributed by atoms with van der Waals surface area (Å²) in [7, 11) is 0. The molecule has 23 heavy (non-hydrogen) atoms. The molecule has 0 spiro atoms. The number of amides is 1. The van der Waals surface area contributed by atoms with E-state index in [1.165, 1.54) is 23.3 Å². The Balaban J connectivity index is 1.39. The van der Waals surface area contributed by atoms with Crippen molar-refractivity contribution in [2.45, 2.75) is 31.7 Å². The van der Waals surface area contributed by atoms with Crippen molar-refractivity contribution in [2.75, 3.05) is 19.6 Å². The van der Waals surface area contributed by atoms with E-state index in [4.69, 9.17) is 0 Å². The summed E-state index contributed by atoms with van der Waals surface area (Å²) in [5, 5.41) is 5.19. The molecular formula is C19H24N2OS. The highest BCUT2D eigenvalue weighted by Gasteiger charge is 2.27. The van der Waals surface area contributed by atoms with Crippen molar-refractivity contribution in [2.24, 2.45) is 0 Å². The molecule has 0 unspecified atom stereocenters. The van der Waals surface area contributed by atoms with Crippen molar-refractivity contribution in [3.05, 3.63) is 58.3 Å². The minimum Gasteiger partial charge on any atom is -0.355 e. The Kier molecular flexibility index (Phi) is 5.83. The van der Waals surface area contributed by atoms with Crippen molar-refractivity contribution >= 4 is 17.2 Å². The first kappa shape index (κ1) is 16.2. The molecule has 0 radical (unpaired) electrons. The van der Waals surface area contributed by atoms with Crippen LogP contribution in [0.3, 0.4) is 0 Å². The average Bonchev–Trinajstić information content (AvgIpc) is 3.23. The maximum Gasteiger partial charge on any atom is 0.234 e. The monoisotopic (exact) mass is 328 g/mol. The lowest BCUT2D eigenvalue weighted by Gasteiger charge is -2.22. The van der Waals surface area contributed by atoms with Crippen LogP contribution in [0.5, 0.6) is 0 Å². The number of carbonyl (C=O) groups excluding carboxylic acids is 1. The van der Waals surface area contributed by atoms with Crippen LogP contribution in [0.15, 0.2) is 47.8 Å². The van der Waals surface area contributed by atoms with Crippen LogP contribution in [-0.4, -0.2) is 30.4 Å². The molecule has 1 saturated heterocycles. The van der Waals surface area contributed by atoms with Gasteiger partial charge in [-0.15, -0.1) is 11.3 Å². The van der Waals surface area contributed by atoms with E-state index in [2.05, 4.69) is 52.0 Å². The fourth-order valence-corrected chi connectivity index (χ4v) is 4.12. The van der Waals surface area contributed by atoms with Crippen LogP contribution in [0.25, 0.3) is 0 Å². The second-order valence-corrected chi connectivity index (χ2v) is 7.06. The van der Waals surface area contributed by atoms with E-state index in [-0.39, 0.29) is 5.91 Å². The number of benzene rings is 1. The van der Waals surface area contributed by atoms with Gasteiger partial charge in [-0.05, 0) is 49.2 Å². The Bertz CT molecular complexity index is 597. The molecule has 1 aromatic carbocycles. The summed E-state index contributed by atoms with van der Waals surface area (Å²) in [4.78, 5) is 15.9. The number of nitrogens with zero attached hydrogens (tertiary/aromatic N) is 1. The van der Waals surface area contributed by atoms with Gasteiger partial charge in [-0.25, -0.2) is 0 Å². The number of hydrogen-bond acceptors (Lipinski definition) is 3. The normalized spacial score (nSPS) is 18.2. The van der Waals surface area contributed by atoms with Crippen molar-refractivity contribution < 1.29 is 4.79 Å². The molecule has 2 heterocycles. The highest BCUT2D eigenvalue weighted by atomic mass is 32.1. The van der Waals surface area contributed by atoms with Crippen molar-refractivity contribution in [3.63, 3.8) is 0 Å². The molecule has 1 aromatic heterocycles. The number of nitrogens with one attached hydrogen (secondary N) is 1. The Hall–Kier alpha value is -1.65. The number of thiophene rings is 1. The van der Waals surface area contributed by atoms with Crippen LogP contribution >= 0.6 is 11.3 Å². The van der Waals surface area contributed by atoms with Gasteiger partial charge in [-0.2, -0.15) is 0 Å². The van der Waals surface area contributed by atoms with E-state index in [0.29, 0.717) is 12.6 Å². The average molecular weight is 328 g/mol. The van der Waals surface area contributed by atoms with Crippen LogP contribution in [0.1, 0.15) is 35.7 Å². The van der Waals surface area contributed by atoms with Crippen molar-refractivity contribution in [1.82, 2.24) is 10.2 Å². The topological polar surface area (TPSA) is 32.3 Å².